The number of benzene rings is 2. The lowest BCUT2D eigenvalue weighted by molar-refractivity contribution is 0.338. The lowest BCUT2D eigenvalue weighted by Gasteiger charge is -2.15. The Morgan fingerprint density at radius 1 is 1.20 bits per heavy atom. The Morgan fingerprint density at radius 3 is 2.45 bits per heavy atom. The summed E-state index contributed by atoms with van der Waals surface area (Å²) in [6.45, 7) is 4.29. The van der Waals surface area contributed by atoms with Crippen molar-refractivity contribution >= 4 is 15.9 Å². The van der Waals surface area contributed by atoms with Crippen LogP contribution in [-0.4, -0.2) is 6.61 Å². The van der Waals surface area contributed by atoms with Gasteiger partial charge in [0.25, 0.3) is 0 Å². The van der Waals surface area contributed by atoms with Gasteiger partial charge >= 0.3 is 0 Å². The van der Waals surface area contributed by atoms with Crippen molar-refractivity contribution in [2.45, 2.75) is 19.9 Å². The van der Waals surface area contributed by atoms with Gasteiger partial charge in [-0.05, 0) is 64.7 Å². The van der Waals surface area contributed by atoms with E-state index in [0.29, 0.717) is 12.2 Å². The second-order valence-corrected chi connectivity index (χ2v) is 5.46. The molecule has 2 rings (SSSR count). The molecule has 0 bridgehead atoms. The molecule has 1 atom stereocenters. The van der Waals surface area contributed by atoms with E-state index in [0.717, 1.165) is 21.3 Å². The van der Waals surface area contributed by atoms with Gasteiger partial charge in [-0.15, -0.1) is 0 Å². The van der Waals surface area contributed by atoms with Crippen molar-refractivity contribution in [1.29, 1.82) is 0 Å². The molecule has 2 aromatic rings. The Hall–Kier alpha value is -1.39. The first-order valence-corrected chi connectivity index (χ1v) is 7.26. The number of aryl methyl sites for hydroxylation is 1. The van der Waals surface area contributed by atoms with Gasteiger partial charge in [0.2, 0.25) is 0 Å². The van der Waals surface area contributed by atoms with Crippen LogP contribution in [0.5, 0.6) is 5.75 Å². The van der Waals surface area contributed by atoms with Crippen molar-refractivity contribution in [3.63, 3.8) is 0 Å². The van der Waals surface area contributed by atoms with Gasteiger partial charge in [0, 0.05) is 0 Å². The summed E-state index contributed by atoms with van der Waals surface area (Å²) in [5.74, 6) is 0.576. The summed E-state index contributed by atoms with van der Waals surface area (Å²) in [7, 11) is 0. The molecule has 0 aromatic heterocycles. The summed E-state index contributed by atoms with van der Waals surface area (Å²) in [6, 6.07) is 10.4. The first-order chi connectivity index (χ1) is 9.52. The third-order valence-electron chi connectivity index (χ3n) is 3.16. The average molecular weight is 338 g/mol. The Bertz CT molecular complexity index is 615. The maximum atomic E-state index is 13.3. The molecule has 0 fully saturated rings. The SMILES string of the molecule is CCOc1ccc(C(N)c2ccc(F)c(C)c2)cc1Br. The molecule has 0 aliphatic heterocycles. The van der Waals surface area contributed by atoms with Crippen LogP contribution in [0.4, 0.5) is 4.39 Å². The van der Waals surface area contributed by atoms with E-state index in [2.05, 4.69) is 15.9 Å². The largest absolute Gasteiger partial charge is 0.493 e. The molecule has 20 heavy (non-hydrogen) atoms. The minimum Gasteiger partial charge on any atom is -0.493 e. The molecule has 0 aliphatic rings. The Labute approximate surface area is 126 Å². The second kappa shape index (κ2) is 6.37. The van der Waals surface area contributed by atoms with E-state index in [9.17, 15) is 4.39 Å². The van der Waals surface area contributed by atoms with Gasteiger partial charge in [-0.3, -0.25) is 0 Å². The van der Waals surface area contributed by atoms with Crippen molar-refractivity contribution in [2.75, 3.05) is 6.61 Å². The summed E-state index contributed by atoms with van der Waals surface area (Å²) in [5.41, 5.74) is 8.68. The molecule has 0 radical (unpaired) electrons. The highest BCUT2D eigenvalue weighted by Gasteiger charge is 2.12. The van der Waals surface area contributed by atoms with Gasteiger partial charge in [0.1, 0.15) is 11.6 Å². The van der Waals surface area contributed by atoms with Gasteiger partial charge < -0.3 is 10.5 Å². The minimum atomic E-state index is -0.290. The molecular formula is C16H17BrFNO. The van der Waals surface area contributed by atoms with Crippen LogP contribution in [-0.2, 0) is 0 Å². The van der Waals surface area contributed by atoms with Crippen LogP contribution >= 0.6 is 15.9 Å². The lowest BCUT2D eigenvalue weighted by atomic mass is 9.98. The van der Waals surface area contributed by atoms with E-state index < -0.39 is 0 Å². The first kappa shape index (κ1) is 15.0. The van der Waals surface area contributed by atoms with Crippen LogP contribution in [0, 0.1) is 12.7 Å². The third-order valence-corrected chi connectivity index (χ3v) is 3.78. The van der Waals surface area contributed by atoms with Crippen molar-refractivity contribution in [1.82, 2.24) is 0 Å². The molecule has 106 valence electrons. The van der Waals surface area contributed by atoms with Gasteiger partial charge in [0.05, 0.1) is 17.1 Å². The van der Waals surface area contributed by atoms with Crippen LogP contribution < -0.4 is 10.5 Å². The molecule has 2 N–H and O–H groups in total. The summed E-state index contributed by atoms with van der Waals surface area (Å²) >= 11 is 3.47. The van der Waals surface area contributed by atoms with Crippen LogP contribution in [0.2, 0.25) is 0 Å². The number of ether oxygens (including phenoxy) is 1. The van der Waals surface area contributed by atoms with Gasteiger partial charge in [0.15, 0.2) is 0 Å². The summed E-state index contributed by atoms with van der Waals surface area (Å²) in [5, 5.41) is 0. The quantitative estimate of drug-likeness (QED) is 0.900. The summed E-state index contributed by atoms with van der Waals surface area (Å²) in [4.78, 5) is 0. The number of rotatable bonds is 4. The fourth-order valence-electron chi connectivity index (χ4n) is 2.04. The van der Waals surface area contributed by atoms with E-state index in [4.69, 9.17) is 10.5 Å². The zero-order chi connectivity index (χ0) is 14.7. The fraction of sp³-hybridized carbons (Fsp3) is 0.250. The van der Waals surface area contributed by atoms with E-state index in [1.54, 1.807) is 19.1 Å². The highest BCUT2D eigenvalue weighted by molar-refractivity contribution is 9.10. The second-order valence-electron chi connectivity index (χ2n) is 4.61. The molecule has 0 spiro atoms. The molecule has 4 heteroatoms. The normalized spacial score (nSPS) is 12.2. The number of nitrogens with two attached hydrogens (primary N) is 1. The zero-order valence-electron chi connectivity index (χ0n) is 11.5. The molecule has 2 aromatic carbocycles. The van der Waals surface area contributed by atoms with Gasteiger partial charge in [-0.1, -0.05) is 18.2 Å². The molecule has 0 aliphatic carbocycles. The maximum absolute atomic E-state index is 13.3. The molecule has 0 amide bonds. The topological polar surface area (TPSA) is 35.2 Å². The molecule has 0 heterocycles. The predicted octanol–water partition coefficient (Wildman–Crippen LogP) is 4.34. The Kier molecular flexibility index (Phi) is 4.78. The average Bonchev–Trinajstić information content (AvgIpc) is 2.43. The highest BCUT2D eigenvalue weighted by Crippen LogP contribution is 2.30. The Balaban J connectivity index is 2.30. The van der Waals surface area contributed by atoms with Crippen molar-refractivity contribution < 1.29 is 9.13 Å². The molecule has 2 nitrogen and oxygen atoms in total. The molecule has 0 saturated heterocycles. The molecular weight excluding hydrogens is 321 g/mol. The van der Waals surface area contributed by atoms with E-state index >= 15 is 0 Å². The lowest BCUT2D eigenvalue weighted by Crippen LogP contribution is -2.12. The van der Waals surface area contributed by atoms with Gasteiger partial charge in [-0.25, -0.2) is 4.39 Å². The van der Waals surface area contributed by atoms with Crippen molar-refractivity contribution in [2.24, 2.45) is 5.73 Å². The van der Waals surface area contributed by atoms with Crippen LogP contribution in [0.15, 0.2) is 40.9 Å². The summed E-state index contributed by atoms with van der Waals surface area (Å²) < 4.78 is 19.6. The van der Waals surface area contributed by atoms with Crippen molar-refractivity contribution in [3.8, 4) is 5.75 Å². The van der Waals surface area contributed by atoms with Crippen LogP contribution in [0.25, 0.3) is 0 Å². The van der Waals surface area contributed by atoms with E-state index in [1.807, 2.05) is 25.1 Å². The minimum absolute atomic E-state index is 0.214. The third kappa shape index (κ3) is 3.19. The fourth-order valence-corrected chi connectivity index (χ4v) is 2.55. The highest BCUT2D eigenvalue weighted by atomic mass is 79.9. The van der Waals surface area contributed by atoms with Crippen LogP contribution in [0.1, 0.15) is 29.7 Å². The molecule has 1 unspecified atom stereocenters. The predicted molar refractivity (Wildman–Crippen MR) is 82.5 cm³/mol. The summed E-state index contributed by atoms with van der Waals surface area (Å²) in [6.07, 6.45) is 0. The van der Waals surface area contributed by atoms with Gasteiger partial charge in [-0.2, -0.15) is 0 Å². The van der Waals surface area contributed by atoms with Crippen molar-refractivity contribution in [3.05, 3.63) is 63.4 Å². The standard InChI is InChI=1S/C16H17BrFNO/c1-3-20-15-7-5-12(9-13(15)17)16(19)11-4-6-14(18)10(2)8-11/h4-9,16H,3,19H2,1-2H3. The monoisotopic (exact) mass is 337 g/mol. The zero-order valence-corrected chi connectivity index (χ0v) is 13.1. The molecule has 0 saturated carbocycles. The number of halogens is 2. The first-order valence-electron chi connectivity index (χ1n) is 6.46. The van der Waals surface area contributed by atoms with Crippen LogP contribution in [0.3, 0.4) is 0 Å². The smallest absolute Gasteiger partial charge is 0.133 e. The Morgan fingerprint density at radius 2 is 1.85 bits per heavy atom. The van der Waals surface area contributed by atoms with E-state index in [-0.39, 0.29) is 11.9 Å². The number of hydrogen-bond donors (Lipinski definition) is 1. The maximum Gasteiger partial charge on any atom is 0.133 e. The van der Waals surface area contributed by atoms with E-state index in [1.165, 1.54) is 6.07 Å². The number of hydrogen-bond acceptors (Lipinski definition) is 2.